The highest BCUT2D eigenvalue weighted by molar-refractivity contribution is 7.83. The molecule has 11 nitrogen and oxygen atoms in total. The summed E-state index contributed by atoms with van der Waals surface area (Å²) in [7, 11) is 3.14. The van der Waals surface area contributed by atoms with Crippen molar-refractivity contribution in [3.05, 3.63) is 41.9 Å². The van der Waals surface area contributed by atoms with Crippen LogP contribution in [0.3, 0.4) is 0 Å². The number of hydrogen-bond acceptors (Lipinski definition) is 8. The van der Waals surface area contributed by atoms with E-state index < -0.39 is 11.2 Å². The Kier molecular flexibility index (Phi) is 6.64. The Labute approximate surface area is 205 Å². The van der Waals surface area contributed by atoms with Gasteiger partial charge in [0.25, 0.3) is 17.1 Å². The van der Waals surface area contributed by atoms with Crippen molar-refractivity contribution in [3.63, 3.8) is 0 Å². The zero-order valence-corrected chi connectivity index (χ0v) is 20.5. The Balaban J connectivity index is 1.22. The van der Waals surface area contributed by atoms with Crippen LogP contribution in [0.4, 0.5) is 11.6 Å². The number of ether oxygens (including phenoxy) is 2. The number of rotatable bonds is 7. The molecule has 1 unspecified atom stereocenters. The van der Waals surface area contributed by atoms with Crippen molar-refractivity contribution < 1.29 is 13.7 Å². The predicted molar refractivity (Wildman–Crippen MR) is 137 cm³/mol. The van der Waals surface area contributed by atoms with Crippen LogP contribution >= 0.6 is 0 Å². The van der Waals surface area contributed by atoms with E-state index in [-0.39, 0.29) is 5.90 Å². The van der Waals surface area contributed by atoms with Crippen molar-refractivity contribution in [2.24, 2.45) is 8.80 Å². The van der Waals surface area contributed by atoms with E-state index in [4.69, 9.17) is 15.2 Å². The molecular weight excluding hydrogens is 468 g/mol. The van der Waals surface area contributed by atoms with Gasteiger partial charge in [0.15, 0.2) is 11.6 Å². The summed E-state index contributed by atoms with van der Waals surface area (Å²) in [5, 5.41) is 1.04. The lowest BCUT2D eigenvalue weighted by Gasteiger charge is -2.35. The van der Waals surface area contributed by atoms with Crippen LogP contribution in [-0.4, -0.2) is 82.6 Å². The maximum absolute atomic E-state index is 11.8. The number of H-pyrrole nitrogens is 1. The molecular formula is C23H28N8O3S. The molecule has 3 aromatic rings. The first kappa shape index (κ1) is 23.2. The quantitative estimate of drug-likeness (QED) is 0.505. The minimum absolute atomic E-state index is 0.284. The van der Waals surface area contributed by atoms with Gasteiger partial charge in [-0.3, -0.25) is 4.90 Å². The van der Waals surface area contributed by atoms with Crippen molar-refractivity contribution in [3.8, 4) is 5.75 Å². The number of nitrogens with zero attached hydrogens (tertiary/aromatic N) is 6. The summed E-state index contributed by atoms with van der Waals surface area (Å²) in [6.07, 6.45) is 5.09. The molecule has 4 heterocycles. The third-order valence-electron chi connectivity index (χ3n) is 6.39. The van der Waals surface area contributed by atoms with Crippen LogP contribution in [0.2, 0.25) is 0 Å². The highest BCUT2D eigenvalue weighted by atomic mass is 32.2. The van der Waals surface area contributed by atoms with E-state index in [1.165, 1.54) is 7.11 Å². The van der Waals surface area contributed by atoms with Gasteiger partial charge in [0.05, 0.1) is 20.4 Å². The molecule has 0 radical (unpaired) electrons. The zero-order valence-electron chi connectivity index (χ0n) is 19.7. The van der Waals surface area contributed by atoms with Crippen LogP contribution < -0.4 is 15.4 Å². The minimum atomic E-state index is -1.65. The number of benzene rings is 1. The van der Waals surface area contributed by atoms with Gasteiger partial charge < -0.3 is 25.1 Å². The van der Waals surface area contributed by atoms with E-state index in [2.05, 4.69) is 33.5 Å². The van der Waals surface area contributed by atoms with Crippen LogP contribution in [-0.2, 0) is 22.3 Å². The summed E-state index contributed by atoms with van der Waals surface area (Å²) in [5.74, 6) is 2.51. The van der Waals surface area contributed by atoms with Gasteiger partial charge in [-0.15, -0.1) is 4.40 Å². The zero-order chi connectivity index (χ0) is 24.4. The fraction of sp³-hybridized carbons (Fsp3) is 0.391. The summed E-state index contributed by atoms with van der Waals surface area (Å²) in [5.41, 5.74) is 9.68. The molecule has 12 heteroatoms. The number of aromatic amines is 1. The standard InChI is InChI=1S/C23H28N8O3S/c1-33-19-13-25-14-26-22(19)31-10-8-30(9-11-31)7-3-4-16-17-12-15(5-6-18(17)27-21(16)24)20-23(34-2)29-35(32)28-20/h5-6,12-14,27H,3-4,7-11,24H2,1-2H3. The molecule has 0 amide bonds. The Hall–Kier alpha value is -3.51. The summed E-state index contributed by atoms with van der Waals surface area (Å²) in [4.78, 5) is 16.4. The van der Waals surface area contributed by atoms with Gasteiger partial charge in [-0.2, -0.15) is 4.40 Å². The van der Waals surface area contributed by atoms with E-state index in [9.17, 15) is 4.21 Å². The van der Waals surface area contributed by atoms with Crippen LogP contribution in [0.25, 0.3) is 10.9 Å². The third-order valence-corrected chi connectivity index (χ3v) is 7.05. The maximum atomic E-state index is 11.8. The van der Waals surface area contributed by atoms with Gasteiger partial charge in [0, 0.05) is 48.2 Å². The van der Waals surface area contributed by atoms with Crippen molar-refractivity contribution in [2.75, 3.05) is 57.6 Å². The molecule has 0 bridgehead atoms. The monoisotopic (exact) mass is 496 g/mol. The van der Waals surface area contributed by atoms with Crippen molar-refractivity contribution in [1.29, 1.82) is 0 Å². The Morgan fingerprint density at radius 1 is 1.14 bits per heavy atom. The lowest BCUT2D eigenvalue weighted by Crippen LogP contribution is -2.47. The van der Waals surface area contributed by atoms with Gasteiger partial charge >= 0.3 is 0 Å². The second kappa shape index (κ2) is 10.0. The molecule has 0 aliphatic carbocycles. The molecule has 5 rings (SSSR count). The molecule has 1 saturated heterocycles. The average Bonchev–Trinajstić information content (AvgIpc) is 3.42. The lowest BCUT2D eigenvalue weighted by atomic mass is 10.0. The smallest absolute Gasteiger partial charge is 0.269 e. The molecule has 1 fully saturated rings. The molecule has 2 aliphatic rings. The van der Waals surface area contributed by atoms with E-state index in [1.54, 1.807) is 19.6 Å². The molecule has 0 spiro atoms. The highest BCUT2D eigenvalue weighted by Crippen LogP contribution is 2.28. The number of methoxy groups -OCH3 is 2. The van der Waals surface area contributed by atoms with Crippen LogP contribution in [0.5, 0.6) is 5.75 Å². The van der Waals surface area contributed by atoms with E-state index in [0.29, 0.717) is 17.3 Å². The Morgan fingerprint density at radius 3 is 2.74 bits per heavy atom. The van der Waals surface area contributed by atoms with Gasteiger partial charge in [0.2, 0.25) is 0 Å². The Bertz CT molecular complexity index is 1310. The second-order valence-electron chi connectivity index (χ2n) is 8.40. The fourth-order valence-corrected chi connectivity index (χ4v) is 5.28. The first-order chi connectivity index (χ1) is 17.1. The molecule has 2 aliphatic heterocycles. The predicted octanol–water partition coefficient (Wildman–Crippen LogP) is 1.73. The fourth-order valence-electron chi connectivity index (χ4n) is 4.60. The molecule has 3 N–H and O–H groups in total. The van der Waals surface area contributed by atoms with Crippen LogP contribution in [0.15, 0.2) is 39.5 Å². The number of hydrogen-bond donors (Lipinski definition) is 2. The summed E-state index contributed by atoms with van der Waals surface area (Å²) in [6.45, 7) is 4.66. The van der Waals surface area contributed by atoms with Crippen LogP contribution in [0, 0.1) is 0 Å². The van der Waals surface area contributed by atoms with Crippen molar-refractivity contribution in [1.82, 2.24) is 19.9 Å². The van der Waals surface area contributed by atoms with Gasteiger partial charge in [0.1, 0.15) is 17.9 Å². The summed E-state index contributed by atoms with van der Waals surface area (Å²) < 4.78 is 30.4. The highest BCUT2D eigenvalue weighted by Gasteiger charge is 2.23. The summed E-state index contributed by atoms with van der Waals surface area (Å²) in [6, 6.07) is 5.88. The maximum Gasteiger partial charge on any atom is 0.269 e. The first-order valence-corrected chi connectivity index (χ1v) is 12.5. The second-order valence-corrected chi connectivity index (χ2v) is 9.22. The number of nitrogens with one attached hydrogen (secondary N) is 1. The normalized spacial score (nSPS) is 18.6. The van der Waals surface area contributed by atoms with Crippen LogP contribution in [0.1, 0.15) is 17.5 Å². The molecule has 184 valence electrons. The number of aryl methyl sites for hydroxylation is 1. The molecule has 35 heavy (non-hydrogen) atoms. The average molecular weight is 497 g/mol. The van der Waals surface area contributed by atoms with Gasteiger partial charge in [-0.05, 0) is 31.5 Å². The number of nitrogens with two attached hydrogens (primary N) is 1. The number of anilines is 2. The number of nitrogen functional groups attached to an aromatic ring is 1. The molecule has 2 aromatic heterocycles. The topological polar surface area (TPSA) is 134 Å². The largest absolute Gasteiger partial charge is 0.491 e. The number of fused-ring (bicyclic) bond motifs is 1. The third kappa shape index (κ3) is 4.71. The molecule has 1 aromatic carbocycles. The van der Waals surface area contributed by atoms with Crippen molar-refractivity contribution in [2.45, 2.75) is 12.8 Å². The van der Waals surface area contributed by atoms with E-state index in [1.807, 2.05) is 18.2 Å². The van der Waals surface area contributed by atoms with E-state index >= 15 is 0 Å². The number of aromatic nitrogens is 3. The van der Waals surface area contributed by atoms with Crippen molar-refractivity contribution >= 4 is 45.3 Å². The lowest BCUT2D eigenvalue weighted by molar-refractivity contribution is 0.253. The molecule has 0 saturated carbocycles. The van der Waals surface area contributed by atoms with Gasteiger partial charge in [-0.25, -0.2) is 14.2 Å². The SMILES string of the molecule is COC1=NS(=O)N=C1c1ccc2[nH]c(N)c(CCCN3CCN(c4ncncc4OC)CC3)c2c1. The summed E-state index contributed by atoms with van der Waals surface area (Å²) >= 11 is -1.65. The first-order valence-electron chi connectivity index (χ1n) is 11.4. The minimum Gasteiger partial charge on any atom is -0.491 e. The van der Waals surface area contributed by atoms with E-state index in [0.717, 1.165) is 73.4 Å². The Morgan fingerprint density at radius 2 is 1.97 bits per heavy atom. The molecule has 1 atom stereocenters. The van der Waals surface area contributed by atoms with Gasteiger partial charge in [-0.1, -0.05) is 6.07 Å². The number of piperazine rings is 1.